The van der Waals surface area contributed by atoms with Crippen LogP contribution in [0.25, 0.3) is 5.69 Å². The standard InChI is InChI=1S/C18H15N5O4/c1-12(24)13-6-2-4-8-15(13)20-17(25)10-27-18(26)14-7-3-5-9-16(14)23-11-19-21-22-23/h2-9,11H,10H2,1H3,(H,20,25). The van der Waals surface area contributed by atoms with Gasteiger partial charge in [-0.25, -0.2) is 4.79 Å². The summed E-state index contributed by atoms with van der Waals surface area (Å²) >= 11 is 0. The van der Waals surface area contributed by atoms with Crippen LogP contribution in [-0.2, 0) is 9.53 Å². The van der Waals surface area contributed by atoms with Gasteiger partial charge in [0.05, 0.1) is 16.9 Å². The van der Waals surface area contributed by atoms with E-state index in [1.807, 2.05) is 0 Å². The van der Waals surface area contributed by atoms with Crippen LogP contribution >= 0.6 is 0 Å². The lowest BCUT2D eigenvalue weighted by Crippen LogP contribution is -2.22. The van der Waals surface area contributed by atoms with Crippen molar-refractivity contribution < 1.29 is 19.1 Å². The minimum atomic E-state index is -0.698. The molecule has 9 nitrogen and oxygen atoms in total. The molecular weight excluding hydrogens is 350 g/mol. The number of hydrogen-bond acceptors (Lipinski definition) is 7. The maximum absolute atomic E-state index is 12.4. The number of rotatable bonds is 6. The molecule has 0 bridgehead atoms. The second kappa shape index (κ2) is 8.00. The molecule has 0 aliphatic rings. The fourth-order valence-electron chi connectivity index (χ4n) is 2.41. The van der Waals surface area contributed by atoms with Crippen molar-refractivity contribution in [3.63, 3.8) is 0 Å². The van der Waals surface area contributed by atoms with Crippen LogP contribution in [0.1, 0.15) is 27.6 Å². The van der Waals surface area contributed by atoms with E-state index in [4.69, 9.17) is 4.74 Å². The average Bonchev–Trinajstić information content (AvgIpc) is 3.21. The topological polar surface area (TPSA) is 116 Å². The van der Waals surface area contributed by atoms with Gasteiger partial charge in [0, 0.05) is 5.56 Å². The molecule has 0 aliphatic heterocycles. The molecule has 0 aliphatic carbocycles. The van der Waals surface area contributed by atoms with E-state index < -0.39 is 18.5 Å². The van der Waals surface area contributed by atoms with Crippen molar-refractivity contribution >= 4 is 23.3 Å². The lowest BCUT2D eigenvalue weighted by Gasteiger charge is -2.10. The number of para-hydroxylation sites is 2. The molecule has 1 aromatic heterocycles. The Morgan fingerprint density at radius 1 is 1.04 bits per heavy atom. The van der Waals surface area contributed by atoms with E-state index in [1.165, 1.54) is 17.9 Å². The first-order chi connectivity index (χ1) is 13.1. The van der Waals surface area contributed by atoms with Gasteiger partial charge in [-0.3, -0.25) is 9.59 Å². The van der Waals surface area contributed by atoms with Crippen LogP contribution in [0.2, 0.25) is 0 Å². The van der Waals surface area contributed by atoms with E-state index in [2.05, 4.69) is 20.8 Å². The summed E-state index contributed by atoms with van der Waals surface area (Å²) in [6.45, 7) is 0.899. The van der Waals surface area contributed by atoms with Gasteiger partial charge in [-0.05, 0) is 41.6 Å². The van der Waals surface area contributed by atoms with Gasteiger partial charge < -0.3 is 10.1 Å². The largest absolute Gasteiger partial charge is 0.452 e. The number of ether oxygens (including phenoxy) is 1. The molecule has 0 saturated carbocycles. The lowest BCUT2D eigenvalue weighted by molar-refractivity contribution is -0.119. The van der Waals surface area contributed by atoms with Gasteiger partial charge in [-0.15, -0.1) is 5.10 Å². The zero-order valence-corrected chi connectivity index (χ0v) is 14.3. The van der Waals surface area contributed by atoms with Crippen molar-refractivity contribution in [1.82, 2.24) is 20.2 Å². The number of nitrogens with zero attached hydrogens (tertiary/aromatic N) is 4. The summed E-state index contributed by atoms with van der Waals surface area (Å²) in [7, 11) is 0. The number of carbonyl (C=O) groups is 3. The van der Waals surface area contributed by atoms with Gasteiger partial charge in [0.1, 0.15) is 6.33 Å². The highest BCUT2D eigenvalue weighted by atomic mass is 16.5. The highest BCUT2D eigenvalue weighted by Gasteiger charge is 2.17. The third kappa shape index (κ3) is 4.21. The van der Waals surface area contributed by atoms with Gasteiger partial charge in [0.25, 0.3) is 5.91 Å². The molecule has 9 heteroatoms. The second-order valence-corrected chi connectivity index (χ2v) is 5.50. The SMILES string of the molecule is CC(=O)c1ccccc1NC(=O)COC(=O)c1ccccc1-n1cnnn1. The van der Waals surface area contributed by atoms with Crippen molar-refractivity contribution in [2.75, 3.05) is 11.9 Å². The zero-order valence-electron chi connectivity index (χ0n) is 14.3. The maximum Gasteiger partial charge on any atom is 0.340 e. The molecule has 2 aromatic carbocycles. The van der Waals surface area contributed by atoms with Gasteiger partial charge in [0.2, 0.25) is 0 Å². The average molecular weight is 365 g/mol. The Hall–Kier alpha value is -3.88. The van der Waals surface area contributed by atoms with E-state index in [-0.39, 0.29) is 11.3 Å². The normalized spacial score (nSPS) is 10.3. The second-order valence-electron chi connectivity index (χ2n) is 5.50. The minimum absolute atomic E-state index is 0.182. The summed E-state index contributed by atoms with van der Waals surface area (Å²) in [4.78, 5) is 36.0. The van der Waals surface area contributed by atoms with Crippen LogP contribution in [0.15, 0.2) is 54.9 Å². The van der Waals surface area contributed by atoms with Crippen molar-refractivity contribution in [3.05, 3.63) is 66.0 Å². The van der Waals surface area contributed by atoms with Crippen molar-refractivity contribution in [3.8, 4) is 5.69 Å². The Balaban J connectivity index is 1.67. The van der Waals surface area contributed by atoms with E-state index >= 15 is 0 Å². The fraction of sp³-hybridized carbons (Fsp3) is 0.111. The van der Waals surface area contributed by atoms with E-state index in [0.29, 0.717) is 16.9 Å². The van der Waals surface area contributed by atoms with Gasteiger partial charge in [-0.2, -0.15) is 4.68 Å². The van der Waals surface area contributed by atoms with Crippen molar-refractivity contribution in [2.45, 2.75) is 6.92 Å². The summed E-state index contributed by atoms with van der Waals surface area (Å²) in [5.74, 6) is -1.44. The third-order valence-electron chi connectivity index (χ3n) is 3.63. The summed E-state index contributed by atoms with van der Waals surface area (Å²) in [5.41, 5.74) is 1.37. The van der Waals surface area contributed by atoms with Gasteiger partial charge >= 0.3 is 5.97 Å². The first kappa shape index (κ1) is 17.9. The molecule has 0 unspecified atom stereocenters. The Bertz CT molecular complexity index is 985. The van der Waals surface area contributed by atoms with Crippen LogP contribution in [0.3, 0.4) is 0 Å². The molecule has 0 spiro atoms. The van der Waals surface area contributed by atoms with Crippen LogP contribution in [0.4, 0.5) is 5.69 Å². The van der Waals surface area contributed by atoms with Crippen LogP contribution in [-0.4, -0.2) is 44.5 Å². The monoisotopic (exact) mass is 365 g/mol. The number of ketones is 1. The van der Waals surface area contributed by atoms with Gasteiger partial charge in [-0.1, -0.05) is 24.3 Å². The number of tetrazole rings is 1. The first-order valence-corrected chi connectivity index (χ1v) is 7.95. The minimum Gasteiger partial charge on any atom is -0.452 e. The smallest absolute Gasteiger partial charge is 0.340 e. The van der Waals surface area contributed by atoms with Gasteiger partial charge in [0.15, 0.2) is 12.4 Å². The molecule has 0 radical (unpaired) electrons. The third-order valence-corrected chi connectivity index (χ3v) is 3.63. The molecule has 136 valence electrons. The number of anilines is 1. The van der Waals surface area contributed by atoms with E-state index in [1.54, 1.807) is 48.5 Å². The molecule has 27 heavy (non-hydrogen) atoms. The first-order valence-electron chi connectivity index (χ1n) is 7.95. The predicted octanol–water partition coefficient (Wildman–Crippen LogP) is 1.66. The molecule has 0 atom stereocenters. The lowest BCUT2D eigenvalue weighted by atomic mass is 10.1. The Labute approximate surface area is 154 Å². The molecule has 0 saturated heterocycles. The molecule has 3 rings (SSSR count). The number of amides is 1. The number of aromatic nitrogens is 4. The Morgan fingerprint density at radius 2 is 1.74 bits per heavy atom. The Morgan fingerprint density at radius 3 is 2.44 bits per heavy atom. The number of benzene rings is 2. The van der Waals surface area contributed by atoms with Crippen LogP contribution < -0.4 is 5.32 Å². The summed E-state index contributed by atoms with van der Waals surface area (Å²) < 4.78 is 6.40. The number of carbonyl (C=O) groups excluding carboxylic acids is 3. The number of hydrogen-bond donors (Lipinski definition) is 1. The van der Waals surface area contributed by atoms with Crippen LogP contribution in [0, 0.1) is 0 Å². The number of Topliss-reactive ketones (excluding diaryl/α,β-unsaturated/α-hetero) is 1. The van der Waals surface area contributed by atoms with Crippen molar-refractivity contribution in [1.29, 1.82) is 0 Å². The Kier molecular flexibility index (Phi) is 5.31. The zero-order chi connectivity index (χ0) is 19.2. The quantitative estimate of drug-likeness (QED) is 0.521. The fourth-order valence-corrected chi connectivity index (χ4v) is 2.41. The summed E-state index contributed by atoms with van der Waals surface area (Å²) in [5, 5.41) is 13.4. The number of nitrogens with one attached hydrogen (secondary N) is 1. The van der Waals surface area contributed by atoms with Crippen LogP contribution in [0.5, 0.6) is 0 Å². The maximum atomic E-state index is 12.4. The summed E-state index contributed by atoms with van der Waals surface area (Å²) in [6, 6.07) is 13.2. The molecular formula is C18H15N5O4. The van der Waals surface area contributed by atoms with Crippen molar-refractivity contribution in [2.24, 2.45) is 0 Å². The molecule has 1 heterocycles. The molecule has 3 aromatic rings. The molecule has 0 fully saturated rings. The highest BCUT2D eigenvalue weighted by Crippen LogP contribution is 2.16. The van der Waals surface area contributed by atoms with E-state index in [0.717, 1.165) is 0 Å². The number of esters is 1. The molecule has 1 amide bonds. The van der Waals surface area contributed by atoms with E-state index in [9.17, 15) is 14.4 Å². The highest BCUT2D eigenvalue weighted by molar-refractivity contribution is 6.04. The predicted molar refractivity (Wildman–Crippen MR) is 94.5 cm³/mol. The molecule has 1 N–H and O–H groups in total. The summed E-state index contributed by atoms with van der Waals surface area (Å²) in [6.07, 6.45) is 1.34.